The van der Waals surface area contributed by atoms with Gasteiger partial charge in [0.15, 0.2) is 11.3 Å². The third-order valence-corrected chi connectivity index (χ3v) is 5.01. The maximum Gasteiger partial charge on any atom is 0.276 e. The summed E-state index contributed by atoms with van der Waals surface area (Å²) < 4.78 is 0. The molecule has 25 heavy (non-hydrogen) atoms. The first kappa shape index (κ1) is 15.8. The standard InChI is InChI=1S/C18H17N5OS/c1-2-10-25-18-21-17(24)15-13-7-3-4-8-14(13)20-16(23(15)22-18)12-6-5-9-19-11-12/h3-9,11,16H,2,10H2,1H3,(H,21,22,24). The van der Waals surface area contributed by atoms with E-state index in [9.17, 15) is 4.79 Å². The van der Waals surface area contributed by atoms with Gasteiger partial charge in [-0.1, -0.05) is 43.0 Å². The van der Waals surface area contributed by atoms with Crippen LogP contribution in [0.15, 0.2) is 58.9 Å². The highest BCUT2D eigenvalue weighted by Gasteiger charge is 2.34. The summed E-state index contributed by atoms with van der Waals surface area (Å²) in [6, 6.07) is 11.5. The number of pyridine rings is 1. The number of carbonyl (C=O) groups is 1. The molecule has 2 aliphatic rings. The minimum atomic E-state index is -0.401. The first-order chi connectivity index (χ1) is 12.3. The fourth-order valence-electron chi connectivity index (χ4n) is 2.84. The smallest absolute Gasteiger partial charge is 0.276 e. The van der Waals surface area contributed by atoms with Gasteiger partial charge in [0.1, 0.15) is 5.70 Å². The third-order valence-electron chi connectivity index (χ3n) is 3.94. The van der Waals surface area contributed by atoms with Crippen molar-refractivity contribution in [2.75, 3.05) is 5.75 Å². The number of hydrogen-bond acceptors (Lipinski definition) is 6. The SMILES string of the molecule is CCCSC1=NN2C(=c3ccccc3=NC2c2cccnc2)C(=O)N1. The Morgan fingerprint density at radius 1 is 1.24 bits per heavy atom. The van der Waals surface area contributed by atoms with Crippen molar-refractivity contribution in [2.24, 2.45) is 10.1 Å². The lowest BCUT2D eigenvalue weighted by molar-refractivity contribution is -0.116. The summed E-state index contributed by atoms with van der Waals surface area (Å²) in [4.78, 5) is 21.8. The van der Waals surface area contributed by atoms with Crippen molar-refractivity contribution >= 4 is 28.5 Å². The van der Waals surface area contributed by atoms with Gasteiger partial charge in [-0.15, -0.1) is 5.10 Å². The molecule has 1 aromatic carbocycles. The van der Waals surface area contributed by atoms with E-state index in [0.29, 0.717) is 10.9 Å². The van der Waals surface area contributed by atoms with E-state index < -0.39 is 6.17 Å². The molecule has 2 aliphatic heterocycles. The van der Waals surface area contributed by atoms with Gasteiger partial charge < -0.3 is 0 Å². The molecule has 1 N–H and O–H groups in total. The number of benzene rings is 1. The van der Waals surface area contributed by atoms with Crippen LogP contribution in [0.5, 0.6) is 0 Å². The molecule has 1 unspecified atom stereocenters. The second kappa shape index (κ2) is 6.68. The van der Waals surface area contributed by atoms with E-state index in [1.54, 1.807) is 29.2 Å². The monoisotopic (exact) mass is 351 g/mol. The number of amidine groups is 1. The van der Waals surface area contributed by atoms with Crippen LogP contribution in [-0.2, 0) is 4.79 Å². The van der Waals surface area contributed by atoms with Gasteiger partial charge in [0.05, 0.1) is 5.36 Å². The second-order valence-electron chi connectivity index (χ2n) is 5.71. The van der Waals surface area contributed by atoms with Gasteiger partial charge in [0, 0.05) is 28.9 Å². The number of fused-ring (bicyclic) bond motifs is 2. The Kier molecular flexibility index (Phi) is 4.23. The van der Waals surface area contributed by atoms with Gasteiger partial charge >= 0.3 is 0 Å². The number of hydrazone groups is 1. The quantitative estimate of drug-likeness (QED) is 0.907. The number of carbonyl (C=O) groups excluding carboxylic acids is 1. The van der Waals surface area contributed by atoms with E-state index in [1.807, 2.05) is 36.4 Å². The lowest BCUT2D eigenvalue weighted by atomic mass is 10.1. The van der Waals surface area contributed by atoms with Crippen LogP contribution in [0.4, 0.5) is 0 Å². The molecule has 0 fully saturated rings. The Labute approximate surface area is 149 Å². The first-order valence-corrected chi connectivity index (χ1v) is 9.15. The molecule has 0 spiro atoms. The number of amides is 1. The predicted molar refractivity (Wildman–Crippen MR) is 97.8 cm³/mol. The third kappa shape index (κ3) is 2.91. The maximum atomic E-state index is 12.8. The molecule has 0 radical (unpaired) electrons. The van der Waals surface area contributed by atoms with E-state index in [0.717, 1.165) is 28.3 Å². The van der Waals surface area contributed by atoms with Crippen molar-refractivity contribution in [2.45, 2.75) is 19.5 Å². The number of nitrogens with zero attached hydrogens (tertiary/aromatic N) is 4. The Hall–Kier alpha value is -2.67. The van der Waals surface area contributed by atoms with E-state index in [2.05, 4.69) is 22.3 Å². The number of thioether (sulfide) groups is 1. The topological polar surface area (TPSA) is 70.0 Å². The molecule has 0 saturated heterocycles. The second-order valence-corrected chi connectivity index (χ2v) is 6.79. The molecule has 1 atom stereocenters. The molecule has 0 aliphatic carbocycles. The molecule has 2 aromatic rings. The lowest BCUT2D eigenvalue weighted by Gasteiger charge is -2.33. The molecule has 3 heterocycles. The van der Waals surface area contributed by atoms with Crippen molar-refractivity contribution < 1.29 is 4.79 Å². The number of rotatable bonds is 3. The maximum absolute atomic E-state index is 12.8. The van der Waals surface area contributed by atoms with Crippen LogP contribution in [0.25, 0.3) is 5.70 Å². The molecule has 1 aromatic heterocycles. The van der Waals surface area contributed by atoms with Crippen LogP contribution in [0.2, 0.25) is 0 Å². The molecule has 126 valence electrons. The molecule has 4 rings (SSSR count). The van der Waals surface area contributed by atoms with Gasteiger partial charge in [-0.3, -0.25) is 20.1 Å². The summed E-state index contributed by atoms with van der Waals surface area (Å²) in [6.07, 6.45) is 4.09. The van der Waals surface area contributed by atoms with Gasteiger partial charge in [-0.05, 0) is 18.6 Å². The van der Waals surface area contributed by atoms with Gasteiger partial charge in [0.25, 0.3) is 5.91 Å². The Bertz CT molecular complexity index is 957. The van der Waals surface area contributed by atoms with Crippen LogP contribution >= 0.6 is 11.8 Å². The Balaban J connectivity index is 1.90. The van der Waals surface area contributed by atoms with Gasteiger partial charge in [-0.25, -0.2) is 5.01 Å². The summed E-state index contributed by atoms with van der Waals surface area (Å²) in [5, 5.41) is 11.5. The minimum absolute atomic E-state index is 0.148. The summed E-state index contributed by atoms with van der Waals surface area (Å²) in [5.41, 5.74) is 1.42. The van der Waals surface area contributed by atoms with Crippen LogP contribution in [-0.4, -0.2) is 26.8 Å². The fourth-order valence-corrected chi connectivity index (χ4v) is 3.54. The zero-order valence-electron chi connectivity index (χ0n) is 13.7. The highest BCUT2D eigenvalue weighted by Crippen LogP contribution is 2.30. The zero-order chi connectivity index (χ0) is 17.2. The fraction of sp³-hybridized carbons (Fsp3) is 0.222. The summed E-state index contributed by atoms with van der Waals surface area (Å²) in [5.74, 6) is 0.748. The van der Waals surface area contributed by atoms with Crippen LogP contribution < -0.4 is 15.9 Å². The Morgan fingerprint density at radius 2 is 2.12 bits per heavy atom. The normalized spacial score (nSPS) is 18.7. The van der Waals surface area contributed by atoms with Crippen LogP contribution in [0, 0.1) is 0 Å². The molecular formula is C18H17N5OS. The highest BCUT2D eigenvalue weighted by atomic mass is 32.2. The molecule has 1 amide bonds. The average molecular weight is 351 g/mol. The molecule has 7 heteroatoms. The number of aromatic nitrogens is 1. The van der Waals surface area contributed by atoms with Crippen LogP contribution in [0.1, 0.15) is 25.1 Å². The number of hydrogen-bond donors (Lipinski definition) is 1. The summed E-state index contributed by atoms with van der Waals surface area (Å²) in [7, 11) is 0. The number of para-hydroxylation sites is 1. The van der Waals surface area contributed by atoms with E-state index in [4.69, 9.17) is 4.99 Å². The minimum Gasteiger partial charge on any atom is -0.298 e. The largest absolute Gasteiger partial charge is 0.298 e. The van der Waals surface area contributed by atoms with Crippen molar-refractivity contribution in [3.63, 3.8) is 0 Å². The molecular weight excluding hydrogens is 334 g/mol. The average Bonchev–Trinajstić information content (AvgIpc) is 2.66. The first-order valence-electron chi connectivity index (χ1n) is 8.17. The molecule has 0 saturated carbocycles. The Morgan fingerprint density at radius 3 is 2.92 bits per heavy atom. The zero-order valence-corrected chi connectivity index (χ0v) is 14.5. The van der Waals surface area contributed by atoms with Crippen molar-refractivity contribution in [3.8, 4) is 0 Å². The van der Waals surface area contributed by atoms with E-state index >= 15 is 0 Å². The summed E-state index contributed by atoms with van der Waals surface area (Å²) >= 11 is 1.54. The highest BCUT2D eigenvalue weighted by molar-refractivity contribution is 8.13. The summed E-state index contributed by atoms with van der Waals surface area (Å²) in [6.45, 7) is 2.10. The number of nitrogens with one attached hydrogen (secondary N) is 1. The van der Waals surface area contributed by atoms with Gasteiger partial charge in [0.2, 0.25) is 0 Å². The van der Waals surface area contributed by atoms with Crippen LogP contribution in [0.3, 0.4) is 0 Å². The van der Waals surface area contributed by atoms with Gasteiger partial charge in [-0.2, -0.15) is 0 Å². The lowest BCUT2D eigenvalue weighted by Crippen LogP contribution is -2.50. The predicted octanol–water partition coefficient (Wildman–Crippen LogP) is 1.37. The molecule has 6 nitrogen and oxygen atoms in total. The molecule has 0 bridgehead atoms. The van der Waals surface area contributed by atoms with E-state index in [1.165, 1.54) is 0 Å². The van der Waals surface area contributed by atoms with E-state index in [-0.39, 0.29) is 5.91 Å². The van der Waals surface area contributed by atoms with Crippen molar-refractivity contribution in [1.82, 2.24) is 15.3 Å². The van der Waals surface area contributed by atoms with Crippen molar-refractivity contribution in [3.05, 3.63) is 64.9 Å². The van der Waals surface area contributed by atoms with Crippen molar-refractivity contribution in [1.29, 1.82) is 0 Å².